The van der Waals surface area contributed by atoms with Crippen molar-refractivity contribution >= 4 is 40.5 Å². The van der Waals surface area contributed by atoms with E-state index >= 15 is 0 Å². The van der Waals surface area contributed by atoms with E-state index < -0.39 is 5.97 Å². The smallest absolute Gasteiger partial charge is 0.335 e. The largest absolute Gasteiger partial charge is 0.478 e. The number of halogens is 1. The maximum absolute atomic E-state index is 11.1. The quantitative estimate of drug-likeness (QED) is 0.566. The highest BCUT2D eigenvalue weighted by molar-refractivity contribution is 6.33. The molecule has 0 bridgehead atoms. The number of aromatic nitrogens is 3. The molecule has 2 N–H and O–H groups in total. The Labute approximate surface area is 169 Å². The maximum Gasteiger partial charge on any atom is 0.335 e. The molecule has 0 saturated heterocycles. The number of rotatable bonds is 8. The second-order valence-electron chi connectivity index (χ2n) is 6.62. The Morgan fingerprint density at radius 2 is 1.96 bits per heavy atom. The second-order valence-corrected chi connectivity index (χ2v) is 7.03. The van der Waals surface area contributed by atoms with Crippen LogP contribution in [0.15, 0.2) is 30.5 Å². The van der Waals surface area contributed by atoms with E-state index in [-0.39, 0.29) is 5.56 Å². The Hall–Kier alpha value is -2.80. The Balaban J connectivity index is 2.07. The third-order valence-corrected chi connectivity index (χ3v) is 4.81. The third-order valence-electron chi connectivity index (χ3n) is 4.50. The lowest BCUT2D eigenvalue weighted by Gasteiger charge is -2.27. The molecule has 0 saturated carbocycles. The van der Waals surface area contributed by atoms with Crippen LogP contribution < -0.4 is 10.2 Å². The number of aromatic carboxylic acids is 1. The number of benzene rings is 1. The SMILES string of the molecule is CCCN(CCC)c1c(C)c(Nc2ccc(C(=O)O)cc2Cl)nc2ccnn12. The Kier molecular flexibility index (Phi) is 6.04. The van der Waals surface area contributed by atoms with E-state index in [4.69, 9.17) is 16.7 Å². The van der Waals surface area contributed by atoms with E-state index in [1.165, 1.54) is 12.1 Å². The topological polar surface area (TPSA) is 82.8 Å². The minimum Gasteiger partial charge on any atom is -0.478 e. The number of carboxylic acid groups (broad SMARTS) is 1. The lowest BCUT2D eigenvalue weighted by molar-refractivity contribution is 0.0697. The zero-order chi connectivity index (χ0) is 20.3. The summed E-state index contributed by atoms with van der Waals surface area (Å²) in [5.41, 5.74) is 2.44. The van der Waals surface area contributed by atoms with Gasteiger partial charge in [0.2, 0.25) is 0 Å². The summed E-state index contributed by atoms with van der Waals surface area (Å²) in [5.74, 6) is 0.658. The van der Waals surface area contributed by atoms with Crippen molar-refractivity contribution in [3.05, 3.63) is 46.6 Å². The summed E-state index contributed by atoms with van der Waals surface area (Å²) in [7, 11) is 0. The monoisotopic (exact) mass is 401 g/mol. The van der Waals surface area contributed by atoms with Gasteiger partial charge in [-0.15, -0.1) is 0 Å². The van der Waals surface area contributed by atoms with Gasteiger partial charge < -0.3 is 15.3 Å². The molecule has 0 fully saturated rings. The van der Waals surface area contributed by atoms with Crippen LogP contribution >= 0.6 is 11.6 Å². The number of hydrogen-bond donors (Lipinski definition) is 2. The van der Waals surface area contributed by atoms with Crippen molar-refractivity contribution in [2.45, 2.75) is 33.6 Å². The summed E-state index contributed by atoms with van der Waals surface area (Å²) in [6, 6.07) is 6.47. The molecule has 0 aliphatic carbocycles. The zero-order valence-corrected chi connectivity index (χ0v) is 17.0. The van der Waals surface area contributed by atoms with Gasteiger partial charge in [0.25, 0.3) is 0 Å². The van der Waals surface area contributed by atoms with Crippen LogP contribution in [0.4, 0.5) is 17.3 Å². The fourth-order valence-corrected chi connectivity index (χ4v) is 3.47. The van der Waals surface area contributed by atoms with Gasteiger partial charge in [-0.2, -0.15) is 9.61 Å². The van der Waals surface area contributed by atoms with Gasteiger partial charge in [-0.05, 0) is 38.0 Å². The molecule has 2 aromatic heterocycles. The molecule has 8 heteroatoms. The molecular weight excluding hydrogens is 378 g/mol. The normalized spacial score (nSPS) is 11.0. The first-order valence-electron chi connectivity index (χ1n) is 9.35. The first-order chi connectivity index (χ1) is 13.5. The van der Waals surface area contributed by atoms with Crippen molar-refractivity contribution in [2.24, 2.45) is 0 Å². The van der Waals surface area contributed by atoms with Crippen molar-refractivity contribution in [3.8, 4) is 0 Å². The van der Waals surface area contributed by atoms with Gasteiger partial charge >= 0.3 is 5.97 Å². The molecule has 1 aromatic carbocycles. The number of carbonyl (C=O) groups is 1. The van der Waals surface area contributed by atoms with E-state index in [0.717, 1.165) is 43.0 Å². The zero-order valence-electron chi connectivity index (χ0n) is 16.2. The predicted molar refractivity (Wildman–Crippen MR) is 112 cm³/mol. The van der Waals surface area contributed by atoms with Gasteiger partial charge in [0.1, 0.15) is 11.6 Å². The maximum atomic E-state index is 11.1. The molecule has 0 amide bonds. The second kappa shape index (κ2) is 8.48. The van der Waals surface area contributed by atoms with Gasteiger partial charge in [0, 0.05) is 24.7 Å². The molecule has 3 rings (SSSR count). The van der Waals surface area contributed by atoms with E-state index in [1.807, 2.05) is 17.5 Å². The van der Waals surface area contributed by atoms with Crippen molar-refractivity contribution in [1.82, 2.24) is 14.6 Å². The van der Waals surface area contributed by atoms with E-state index in [2.05, 4.69) is 34.1 Å². The van der Waals surface area contributed by atoms with Crippen LogP contribution in [0.3, 0.4) is 0 Å². The van der Waals surface area contributed by atoms with Crippen molar-refractivity contribution < 1.29 is 9.90 Å². The van der Waals surface area contributed by atoms with Crippen LogP contribution in [0.5, 0.6) is 0 Å². The van der Waals surface area contributed by atoms with Crippen molar-refractivity contribution in [2.75, 3.05) is 23.3 Å². The molecule has 0 spiro atoms. The number of nitrogens with one attached hydrogen (secondary N) is 1. The molecule has 0 aliphatic heterocycles. The average Bonchev–Trinajstić information content (AvgIpc) is 3.11. The number of fused-ring (bicyclic) bond motifs is 1. The fourth-order valence-electron chi connectivity index (χ4n) is 3.24. The number of anilines is 3. The summed E-state index contributed by atoms with van der Waals surface area (Å²) in [4.78, 5) is 18.1. The van der Waals surface area contributed by atoms with Gasteiger partial charge in [0.15, 0.2) is 5.65 Å². The van der Waals surface area contributed by atoms with Gasteiger partial charge in [-0.1, -0.05) is 25.4 Å². The summed E-state index contributed by atoms with van der Waals surface area (Å²) < 4.78 is 1.86. The lowest BCUT2D eigenvalue weighted by atomic mass is 10.2. The van der Waals surface area contributed by atoms with E-state index in [9.17, 15) is 4.79 Å². The Morgan fingerprint density at radius 3 is 2.57 bits per heavy atom. The molecule has 3 aromatic rings. The van der Waals surface area contributed by atoms with Gasteiger partial charge in [0.05, 0.1) is 22.5 Å². The Bertz CT molecular complexity index is 996. The molecule has 0 aliphatic rings. The summed E-state index contributed by atoms with van der Waals surface area (Å²) >= 11 is 6.29. The van der Waals surface area contributed by atoms with Crippen molar-refractivity contribution in [1.29, 1.82) is 0 Å². The highest BCUT2D eigenvalue weighted by Crippen LogP contribution is 2.32. The molecular formula is C20H24ClN5O2. The molecule has 2 heterocycles. The van der Waals surface area contributed by atoms with Crippen LogP contribution in [0.25, 0.3) is 5.65 Å². The number of carboxylic acids is 1. The highest BCUT2D eigenvalue weighted by atomic mass is 35.5. The van der Waals surface area contributed by atoms with Gasteiger partial charge in [-0.25, -0.2) is 9.78 Å². The molecule has 0 radical (unpaired) electrons. The molecule has 148 valence electrons. The average molecular weight is 402 g/mol. The minimum absolute atomic E-state index is 0.143. The van der Waals surface area contributed by atoms with Gasteiger partial charge in [-0.3, -0.25) is 0 Å². The first kappa shape index (κ1) is 19.9. The van der Waals surface area contributed by atoms with Crippen LogP contribution in [-0.4, -0.2) is 38.8 Å². The number of hydrogen-bond acceptors (Lipinski definition) is 5. The predicted octanol–water partition coefficient (Wildman–Crippen LogP) is 4.76. The van der Waals surface area contributed by atoms with Crippen LogP contribution in [0, 0.1) is 6.92 Å². The molecule has 0 unspecified atom stereocenters. The summed E-state index contributed by atoms with van der Waals surface area (Å²) in [6.45, 7) is 8.15. The van der Waals surface area contributed by atoms with E-state index in [1.54, 1.807) is 12.3 Å². The Morgan fingerprint density at radius 1 is 1.25 bits per heavy atom. The fraction of sp³-hybridized carbons (Fsp3) is 0.350. The van der Waals surface area contributed by atoms with E-state index in [0.29, 0.717) is 16.5 Å². The van der Waals surface area contributed by atoms with Crippen LogP contribution in [0.2, 0.25) is 5.02 Å². The van der Waals surface area contributed by atoms with Crippen molar-refractivity contribution in [3.63, 3.8) is 0 Å². The van der Waals surface area contributed by atoms with Crippen LogP contribution in [0.1, 0.15) is 42.6 Å². The van der Waals surface area contributed by atoms with Crippen LogP contribution in [-0.2, 0) is 0 Å². The third kappa shape index (κ3) is 3.89. The summed E-state index contributed by atoms with van der Waals surface area (Å²) in [6.07, 6.45) is 3.78. The molecule has 0 atom stereocenters. The lowest BCUT2D eigenvalue weighted by Crippen LogP contribution is -2.28. The first-order valence-corrected chi connectivity index (χ1v) is 9.73. The summed E-state index contributed by atoms with van der Waals surface area (Å²) in [5, 5.41) is 17.2. The highest BCUT2D eigenvalue weighted by Gasteiger charge is 2.18. The standard InChI is InChI=1S/C20H24ClN5O2/c1-4-10-25(11-5-2)19-13(3)18(24-17-8-9-22-26(17)19)23-16-7-6-14(20(27)28)12-15(16)21/h6-9,12H,4-5,10-11H2,1-3H3,(H,23,24)(H,27,28). The minimum atomic E-state index is -1.01. The number of nitrogens with zero attached hydrogens (tertiary/aromatic N) is 4. The molecule has 7 nitrogen and oxygen atoms in total. The molecule has 28 heavy (non-hydrogen) atoms.